The molecule has 0 heterocycles. The van der Waals surface area contributed by atoms with Gasteiger partial charge in [-0.1, -0.05) is 54.6 Å². The Morgan fingerprint density at radius 2 is 1.50 bits per heavy atom. The van der Waals surface area contributed by atoms with E-state index in [4.69, 9.17) is 10.8 Å². The van der Waals surface area contributed by atoms with E-state index in [1.165, 1.54) is 26.9 Å². The lowest BCUT2D eigenvalue weighted by Crippen LogP contribution is -2.32. The Morgan fingerprint density at radius 1 is 0.909 bits per heavy atom. The molecular weight excluding hydrogens is 274 g/mol. The minimum Gasteiger partial charge on any atom is -0.480 e. The number of carboxylic acids is 1. The molecule has 4 aromatic carbocycles. The van der Waals surface area contributed by atoms with Crippen molar-refractivity contribution in [1.82, 2.24) is 0 Å². The molecule has 0 aliphatic heterocycles. The van der Waals surface area contributed by atoms with Crippen molar-refractivity contribution in [2.75, 3.05) is 0 Å². The molecule has 22 heavy (non-hydrogen) atoms. The molecule has 0 amide bonds. The second kappa shape index (κ2) is 4.68. The summed E-state index contributed by atoms with van der Waals surface area (Å²) >= 11 is 0. The first-order chi connectivity index (χ1) is 10.6. The maximum Gasteiger partial charge on any atom is 0.320 e. The molecule has 0 saturated carbocycles. The SMILES string of the molecule is N[C@H](Cc1ccc2ccc3cccc4ccc1c2c34)C(=O)O. The van der Waals surface area contributed by atoms with E-state index < -0.39 is 12.0 Å². The molecule has 0 spiro atoms. The molecule has 4 rings (SSSR count). The van der Waals surface area contributed by atoms with Crippen LogP contribution in [0.25, 0.3) is 32.3 Å². The lowest BCUT2D eigenvalue weighted by atomic mass is 9.90. The first-order valence-corrected chi connectivity index (χ1v) is 7.29. The van der Waals surface area contributed by atoms with Crippen LogP contribution in [-0.4, -0.2) is 17.1 Å². The lowest BCUT2D eigenvalue weighted by molar-refractivity contribution is -0.138. The summed E-state index contributed by atoms with van der Waals surface area (Å²) in [6, 6.07) is 17.9. The first-order valence-electron chi connectivity index (χ1n) is 7.29. The molecule has 0 bridgehead atoms. The molecule has 0 aromatic heterocycles. The van der Waals surface area contributed by atoms with Crippen molar-refractivity contribution in [2.45, 2.75) is 12.5 Å². The number of benzene rings is 4. The molecule has 1 atom stereocenters. The normalized spacial score (nSPS) is 13.1. The van der Waals surface area contributed by atoms with Crippen molar-refractivity contribution in [3.63, 3.8) is 0 Å². The van der Waals surface area contributed by atoms with Crippen LogP contribution in [0.2, 0.25) is 0 Å². The van der Waals surface area contributed by atoms with Crippen LogP contribution in [0.5, 0.6) is 0 Å². The van der Waals surface area contributed by atoms with Gasteiger partial charge in [0.05, 0.1) is 0 Å². The van der Waals surface area contributed by atoms with Crippen LogP contribution in [0.3, 0.4) is 0 Å². The highest BCUT2D eigenvalue weighted by molar-refractivity contribution is 6.23. The summed E-state index contributed by atoms with van der Waals surface area (Å²) in [6.45, 7) is 0. The van der Waals surface area contributed by atoms with Crippen LogP contribution >= 0.6 is 0 Å². The maximum absolute atomic E-state index is 11.0. The van der Waals surface area contributed by atoms with Crippen molar-refractivity contribution in [1.29, 1.82) is 0 Å². The van der Waals surface area contributed by atoms with Crippen LogP contribution in [0.15, 0.2) is 54.6 Å². The number of hydrogen-bond donors (Lipinski definition) is 2. The third-order valence-corrected chi connectivity index (χ3v) is 4.38. The highest BCUT2D eigenvalue weighted by atomic mass is 16.4. The van der Waals surface area contributed by atoms with Gasteiger partial charge < -0.3 is 10.8 Å². The minimum atomic E-state index is -0.967. The average Bonchev–Trinajstić information content (AvgIpc) is 2.53. The summed E-state index contributed by atoms with van der Waals surface area (Å²) in [5, 5.41) is 16.2. The largest absolute Gasteiger partial charge is 0.480 e. The topological polar surface area (TPSA) is 63.3 Å². The van der Waals surface area contributed by atoms with Crippen molar-refractivity contribution < 1.29 is 9.90 Å². The van der Waals surface area contributed by atoms with Crippen LogP contribution < -0.4 is 5.73 Å². The molecule has 0 fully saturated rings. The zero-order valence-electron chi connectivity index (χ0n) is 11.9. The predicted octanol–water partition coefficient (Wildman–Crippen LogP) is 3.54. The molecule has 3 heteroatoms. The molecule has 3 nitrogen and oxygen atoms in total. The lowest BCUT2D eigenvalue weighted by Gasteiger charge is -2.15. The summed E-state index contributed by atoms with van der Waals surface area (Å²) in [5.41, 5.74) is 6.71. The summed E-state index contributed by atoms with van der Waals surface area (Å²) < 4.78 is 0. The van der Waals surface area contributed by atoms with Gasteiger partial charge in [-0.15, -0.1) is 0 Å². The van der Waals surface area contributed by atoms with Gasteiger partial charge in [0.15, 0.2) is 0 Å². The minimum absolute atomic E-state index is 0.337. The zero-order valence-corrected chi connectivity index (χ0v) is 11.9. The number of rotatable bonds is 3. The molecular formula is C19H15NO2. The summed E-state index contributed by atoms with van der Waals surface area (Å²) in [6.07, 6.45) is 0.337. The van der Waals surface area contributed by atoms with E-state index in [1.807, 2.05) is 6.07 Å². The monoisotopic (exact) mass is 289 g/mol. The van der Waals surface area contributed by atoms with Gasteiger partial charge in [-0.2, -0.15) is 0 Å². The van der Waals surface area contributed by atoms with Gasteiger partial charge in [0.1, 0.15) is 6.04 Å². The summed E-state index contributed by atoms with van der Waals surface area (Å²) in [5.74, 6) is -0.967. The zero-order chi connectivity index (χ0) is 15.3. The Hall–Kier alpha value is -2.65. The van der Waals surface area contributed by atoms with Crippen LogP contribution in [-0.2, 0) is 11.2 Å². The third-order valence-electron chi connectivity index (χ3n) is 4.38. The van der Waals surface area contributed by atoms with E-state index >= 15 is 0 Å². The molecule has 0 radical (unpaired) electrons. The predicted molar refractivity (Wildman–Crippen MR) is 89.5 cm³/mol. The number of carbonyl (C=O) groups is 1. The fourth-order valence-electron chi connectivity index (χ4n) is 3.30. The summed E-state index contributed by atoms with van der Waals surface area (Å²) in [4.78, 5) is 11.0. The highest BCUT2D eigenvalue weighted by Crippen LogP contribution is 2.36. The molecule has 108 valence electrons. The maximum atomic E-state index is 11.0. The van der Waals surface area contributed by atoms with Gasteiger partial charge in [-0.05, 0) is 44.3 Å². The van der Waals surface area contributed by atoms with Gasteiger partial charge in [-0.3, -0.25) is 4.79 Å². The fourth-order valence-corrected chi connectivity index (χ4v) is 3.30. The van der Waals surface area contributed by atoms with E-state index in [0.717, 1.165) is 10.9 Å². The van der Waals surface area contributed by atoms with E-state index in [9.17, 15) is 4.79 Å². The fraction of sp³-hybridized carbons (Fsp3) is 0.105. The Morgan fingerprint density at radius 3 is 2.18 bits per heavy atom. The molecule has 0 saturated heterocycles. The number of carboxylic acid groups (broad SMARTS) is 1. The summed E-state index contributed by atoms with van der Waals surface area (Å²) in [7, 11) is 0. The van der Waals surface area contributed by atoms with Crippen molar-refractivity contribution in [3.8, 4) is 0 Å². The highest BCUT2D eigenvalue weighted by Gasteiger charge is 2.16. The second-order valence-electron chi connectivity index (χ2n) is 5.73. The van der Waals surface area contributed by atoms with Crippen LogP contribution in [0, 0.1) is 0 Å². The number of nitrogens with two attached hydrogens (primary N) is 1. The smallest absolute Gasteiger partial charge is 0.320 e. The van der Waals surface area contributed by atoms with Crippen molar-refractivity contribution >= 4 is 38.3 Å². The van der Waals surface area contributed by atoms with Crippen molar-refractivity contribution in [3.05, 3.63) is 60.2 Å². The quantitative estimate of drug-likeness (QED) is 0.567. The number of aliphatic carboxylic acids is 1. The molecule has 4 aromatic rings. The van der Waals surface area contributed by atoms with E-state index in [2.05, 4.69) is 48.5 Å². The van der Waals surface area contributed by atoms with Crippen molar-refractivity contribution in [2.24, 2.45) is 5.73 Å². The first kappa shape index (κ1) is 13.0. The van der Waals surface area contributed by atoms with Gasteiger partial charge in [-0.25, -0.2) is 0 Å². The number of hydrogen-bond acceptors (Lipinski definition) is 2. The Kier molecular flexibility index (Phi) is 2.78. The van der Waals surface area contributed by atoms with Gasteiger partial charge in [0.2, 0.25) is 0 Å². The standard InChI is InChI=1S/C19H15NO2/c20-16(19(21)22)10-14-7-6-13-5-4-11-2-1-3-12-8-9-15(14)18(13)17(11)12/h1-9,16H,10,20H2,(H,21,22)/t16-/m1/s1. The Bertz CT molecular complexity index is 990. The van der Waals surface area contributed by atoms with Gasteiger partial charge in [0, 0.05) is 0 Å². The average molecular weight is 289 g/mol. The molecule has 0 unspecified atom stereocenters. The van der Waals surface area contributed by atoms with Gasteiger partial charge >= 0.3 is 5.97 Å². The van der Waals surface area contributed by atoms with E-state index in [-0.39, 0.29) is 0 Å². The Balaban J connectivity index is 2.06. The molecule has 3 N–H and O–H groups in total. The van der Waals surface area contributed by atoms with E-state index in [1.54, 1.807) is 0 Å². The molecule has 0 aliphatic carbocycles. The molecule has 0 aliphatic rings. The van der Waals surface area contributed by atoms with Gasteiger partial charge in [0.25, 0.3) is 0 Å². The van der Waals surface area contributed by atoms with Crippen LogP contribution in [0.1, 0.15) is 5.56 Å². The third kappa shape index (κ3) is 1.83. The Labute approximate surface area is 127 Å². The van der Waals surface area contributed by atoms with E-state index in [0.29, 0.717) is 6.42 Å². The van der Waals surface area contributed by atoms with Crippen LogP contribution in [0.4, 0.5) is 0 Å². The second-order valence-corrected chi connectivity index (χ2v) is 5.73.